The zero-order chi connectivity index (χ0) is 12.2. The molecule has 1 aromatic rings. The number of nitrogens with one attached hydrogen (secondary N) is 1. The highest BCUT2D eigenvalue weighted by molar-refractivity contribution is 5.47. The van der Waals surface area contributed by atoms with Gasteiger partial charge < -0.3 is 11.1 Å². The van der Waals surface area contributed by atoms with Crippen LogP contribution in [0, 0.1) is 11.3 Å². The second-order valence-electron chi connectivity index (χ2n) is 4.60. The van der Waals surface area contributed by atoms with E-state index in [1.54, 1.807) is 0 Å². The minimum atomic E-state index is -0.433. The van der Waals surface area contributed by atoms with Crippen molar-refractivity contribution in [3.8, 4) is 6.07 Å². The Balaban J connectivity index is 2.80. The van der Waals surface area contributed by atoms with E-state index in [4.69, 9.17) is 11.0 Å². The first-order chi connectivity index (χ1) is 7.49. The Bertz CT molecular complexity index is 373. The fourth-order valence-electron chi connectivity index (χ4n) is 1.39. The monoisotopic (exact) mass is 217 g/mol. The fraction of sp³-hybridized carbons (Fsp3) is 0.462. The molecular formula is C13H19N3. The lowest BCUT2D eigenvalue weighted by molar-refractivity contribution is 0.687. The summed E-state index contributed by atoms with van der Waals surface area (Å²) in [6.07, 6.45) is 0. The van der Waals surface area contributed by atoms with Crippen LogP contribution in [-0.2, 0) is 5.41 Å². The Morgan fingerprint density at radius 1 is 1.38 bits per heavy atom. The topological polar surface area (TPSA) is 61.8 Å². The number of rotatable bonds is 4. The molecule has 1 aromatic carbocycles. The largest absolute Gasteiger partial charge is 0.381 e. The van der Waals surface area contributed by atoms with E-state index in [9.17, 15) is 0 Å². The first-order valence-corrected chi connectivity index (χ1v) is 5.48. The van der Waals surface area contributed by atoms with Gasteiger partial charge >= 0.3 is 0 Å². The molecular weight excluding hydrogens is 198 g/mol. The van der Waals surface area contributed by atoms with Gasteiger partial charge in [-0.25, -0.2) is 0 Å². The van der Waals surface area contributed by atoms with Crippen LogP contribution in [0.2, 0.25) is 0 Å². The summed E-state index contributed by atoms with van der Waals surface area (Å²) in [4.78, 5) is 0. The number of hydrogen-bond acceptors (Lipinski definition) is 3. The number of nitriles is 1. The van der Waals surface area contributed by atoms with E-state index >= 15 is 0 Å². The summed E-state index contributed by atoms with van der Waals surface area (Å²) in [5.74, 6) is 0. The molecule has 0 saturated heterocycles. The van der Waals surface area contributed by atoms with E-state index in [0.29, 0.717) is 6.54 Å². The zero-order valence-electron chi connectivity index (χ0n) is 10.1. The van der Waals surface area contributed by atoms with Gasteiger partial charge in [0.15, 0.2) is 0 Å². The Labute approximate surface area is 97.3 Å². The SMILES string of the molecule is CC(CN)Nc1ccc(C(C)(C)C#N)cc1. The van der Waals surface area contributed by atoms with Crippen LogP contribution in [0.1, 0.15) is 26.3 Å². The number of anilines is 1. The molecule has 3 nitrogen and oxygen atoms in total. The standard InChI is InChI=1S/C13H19N3/c1-10(8-14)16-12-6-4-11(5-7-12)13(2,3)9-15/h4-7,10,16H,8,14H2,1-3H3. The van der Waals surface area contributed by atoms with Gasteiger partial charge in [0.05, 0.1) is 11.5 Å². The third-order valence-corrected chi connectivity index (χ3v) is 2.65. The predicted molar refractivity (Wildman–Crippen MR) is 67.2 cm³/mol. The molecule has 0 radical (unpaired) electrons. The van der Waals surface area contributed by atoms with Crippen LogP contribution in [0.3, 0.4) is 0 Å². The molecule has 0 aliphatic carbocycles. The highest BCUT2D eigenvalue weighted by atomic mass is 14.9. The first-order valence-electron chi connectivity index (χ1n) is 5.48. The minimum Gasteiger partial charge on any atom is -0.381 e. The normalized spacial score (nSPS) is 12.9. The summed E-state index contributed by atoms with van der Waals surface area (Å²) in [5.41, 5.74) is 7.17. The molecule has 1 rings (SSSR count). The molecule has 0 fully saturated rings. The average molecular weight is 217 g/mol. The molecule has 3 N–H and O–H groups in total. The van der Waals surface area contributed by atoms with Crippen molar-refractivity contribution in [2.24, 2.45) is 5.73 Å². The smallest absolute Gasteiger partial charge is 0.0766 e. The molecule has 0 amide bonds. The van der Waals surface area contributed by atoms with Gasteiger partial charge in [-0.2, -0.15) is 5.26 Å². The quantitative estimate of drug-likeness (QED) is 0.813. The van der Waals surface area contributed by atoms with Gasteiger partial charge in [0, 0.05) is 18.3 Å². The lowest BCUT2D eigenvalue weighted by Crippen LogP contribution is -2.25. The van der Waals surface area contributed by atoms with Gasteiger partial charge in [0.1, 0.15) is 0 Å². The molecule has 0 bridgehead atoms. The number of benzene rings is 1. The number of nitrogens with zero attached hydrogens (tertiary/aromatic N) is 1. The maximum absolute atomic E-state index is 9.02. The Morgan fingerprint density at radius 3 is 2.38 bits per heavy atom. The van der Waals surface area contributed by atoms with Crippen LogP contribution in [0.15, 0.2) is 24.3 Å². The number of nitrogens with two attached hydrogens (primary N) is 1. The van der Waals surface area contributed by atoms with Crippen molar-refractivity contribution >= 4 is 5.69 Å². The van der Waals surface area contributed by atoms with Crippen molar-refractivity contribution in [2.45, 2.75) is 32.2 Å². The van der Waals surface area contributed by atoms with E-state index in [1.165, 1.54) is 0 Å². The highest BCUT2D eigenvalue weighted by Crippen LogP contribution is 2.23. The third kappa shape index (κ3) is 2.98. The Kier molecular flexibility index (Phi) is 3.92. The van der Waals surface area contributed by atoms with E-state index in [-0.39, 0.29) is 6.04 Å². The molecule has 3 heteroatoms. The second-order valence-corrected chi connectivity index (χ2v) is 4.60. The zero-order valence-corrected chi connectivity index (χ0v) is 10.1. The van der Waals surface area contributed by atoms with Crippen molar-refractivity contribution < 1.29 is 0 Å². The summed E-state index contributed by atoms with van der Waals surface area (Å²) in [6, 6.07) is 10.5. The van der Waals surface area contributed by atoms with Crippen molar-refractivity contribution in [1.29, 1.82) is 5.26 Å². The maximum atomic E-state index is 9.02. The molecule has 1 atom stereocenters. The van der Waals surface area contributed by atoms with Crippen LogP contribution in [0.5, 0.6) is 0 Å². The molecule has 0 saturated carbocycles. The van der Waals surface area contributed by atoms with Gasteiger partial charge in [-0.1, -0.05) is 12.1 Å². The van der Waals surface area contributed by atoms with Gasteiger partial charge in [0.2, 0.25) is 0 Å². The van der Waals surface area contributed by atoms with Crippen molar-refractivity contribution in [3.63, 3.8) is 0 Å². The third-order valence-electron chi connectivity index (χ3n) is 2.65. The van der Waals surface area contributed by atoms with E-state index < -0.39 is 5.41 Å². The molecule has 1 unspecified atom stereocenters. The lowest BCUT2D eigenvalue weighted by atomic mass is 9.86. The molecule has 0 heterocycles. The van der Waals surface area contributed by atoms with Crippen molar-refractivity contribution in [2.75, 3.05) is 11.9 Å². The average Bonchev–Trinajstić information content (AvgIpc) is 2.29. The highest BCUT2D eigenvalue weighted by Gasteiger charge is 2.19. The molecule has 0 aliphatic rings. The minimum absolute atomic E-state index is 0.259. The first kappa shape index (κ1) is 12.5. The summed E-state index contributed by atoms with van der Waals surface area (Å²) in [7, 11) is 0. The van der Waals surface area contributed by atoms with Gasteiger partial charge in [-0.15, -0.1) is 0 Å². The fourth-order valence-corrected chi connectivity index (χ4v) is 1.39. The second kappa shape index (κ2) is 5.00. The van der Waals surface area contributed by atoms with Gasteiger partial charge in [-0.3, -0.25) is 0 Å². The van der Waals surface area contributed by atoms with Gasteiger partial charge in [0.25, 0.3) is 0 Å². The van der Waals surface area contributed by atoms with Crippen LogP contribution in [0.4, 0.5) is 5.69 Å². The van der Waals surface area contributed by atoms with Crippen LogP contribution in [-0.4, -0.2) is 12.6 Å². The van der Waals surface area contributed by atoms with Crippen LogP contribution < -0.4 is 11.1 Å². The molecule has 86 valence electrons. The maximum Gasteiger partial charge on any atom is 0.0766 e. The van der Waals surface area contributed by atoms with E-state index in [0.717, 1.165) is 11.3 Å². The van der Waals surface area contributed by atoms with Crippen LogP contribution in [0.25, 0.3) is 0 Å². The summed E-state index contributed by atoms with van der Waals surface area (Å²) in [6.45, 7) is 6.47. The summed E-state index contributed by atoms with van der Waals surface area (Å²) < 4.78 is 0. The molecule has 16 heavy (non-hydrogen) atoms. The van der Waals surface area contributed by atoms with Crippen molar-refractivity contribution in [1.82, 2.24) is 0 Å². The molecule has 0 aromatic heterocycles. The summed E-state index contributed by atoms with van der Waals surface area (Å²) in [5, 5.41) is 12.3. The van der Waals surface area contributed by atoms with Gasteiger partial charge in [-0.05, 0) is 38.5 Å². The Hall–Kier alpha value is -1.53. The Morgan fingerprint density at radius 2 is 1.94 bits per heavy atom. The van der Waals surface area contributed by atoms with Crippen LogP contribution >= 0.6 is 0 Å². The van der Waals surface area contributed by atoms with Crippen molar-refractivity contribution in [3.05, 3.63) is 29.8 Å². The van der Waals surface area contributed by atoms with E-state index in [2.05, 4.69) is 11.4 Å². The molecule has 0 aliphatic heterocycles. The predicted octanol–water partition coefficient (Wildman–Crippen LogP) is 2.25. The summed E-state index contributed by atoms with van der Waals surface area (Å²) >= 11 is 0. The lowest BCUT2D eigenvalue weighted by Gasteiger charge is -2.17. The number of hydrogen-bond donors (Lipinski definition) is 2. The molecule has 0 spiro atoms. The van der Waals surface area contributed by atoms with E-state index in [1.807, 2.05) is 45.0 Å².